The highest BCUT2D eigenvalue weighted by Gasteiger charge is 2.32. The standard InChI is InChI=1S/C26H33NO4/c1-25(2,3)31-24(28)22(16-11-17-26(4)29-18-19-30-26)27-23(20-12-7-5-8-13-20)21-14-9-6-10-15-21/h5-10,12-15,22H,11,16-19H2,1-4H3/t22-/m1/s1. The fourth-order valence-corrected chi connectivity index (χ4v) is 3.59. The van der Waals surface area contributed by atoms with Crippen molar-refractivity contribution in [2.75, 3.05) is 13.2 Å². The Morgan fingerprint density at radius 3 is 2.00 bits per heavy atom. The Morgan fingerprint density at radius 1 is 1.00 bits per heavy atom. The average Bonchev–Trinajstić information content (AvgIpc) is 3.17. The number of aliphatic imine (C=N–C) groups is 1. The van der Waals surface area contributed by atoms with Gasteiger partial charge >= 0.3 is 5.97 Å². The molecule has 31 heavy (non-hydrogen) atoms. The van der Waals surface area contributed by atoms with Crippen molar-refractivity contribution in [3.05, 3.63) is 71.8 Å². The van der Waals surface area contributed by atoms with E-state index in [2.05, 4.69) is 0 Å². The van der Waals surface area contributed by atoms with Gasteiger partial charge in [0.15, 0.2) is 5.79 Å². The second-order valence-electron chi connectivity index (χ2n) is 8.98. The topological polar surface area (TPSA) is 57.1 Å². The van der Waals surface area contributed by atoms with Gasteiger partial charge in [0.2, 0.25) is 0 Å². The van der Waals surface area contributed by atoms with Crippen molar-refractivity contribution in [3.63, 3.8) is 0 Å². The zero-order valence-electron chi connectivity index (χ0n) is 19.0. The maximum Gasteiger partial charge on any atom is 0.331 e. The molecular weight excluding hydrogens is 390 g/mol. The minimum atomic E-state index is -0.611. The number of ether oxygens (including phenoxy) is 3. The first-order chi connectivity index (χ1) is 14.8. The third-order valence-electron chi connectivity index (χ3n) is 5.06. The monoisotopic (exact) mass is 423 g/mol. The molecule has 0 bridgehead atoms. The van der Waals surface area contributed by atoms with Crippen LogP contribution in [0.25, 0.3) is 0 Å². The van der Waals surface area contributed by atoms with Crippen molar-refractivity contribution >= 4 is 11.7 Å². The van der Waals surface area contributed by atoms with Gasteiger partial charge in [-0.15, -0.1) is 0 Å². The van der Waals surface area contributed by atoms with Crippen LogP contribution in [0.3, 0.4) is 0 Å². The molecule has 0 aliphatic carbocycles. The molecule has 1 aliphatic heterocycles. The van der Waals surface area contributed by atoms with Crippen LogP contribution in [-0.4, -0.2) is 42.3 Å². The molecule has 5 nitrogen and oxygen atoms in total. The van der Waals surface area contributed by atoms with Crippen molar-refractivity contribution < 1.29 is 19.0 Å². The predicted octanol–water partition coefficient (Wildman–Crippen LogP) is 5.17. The summed E-state index contributed by atoms with van der Waals surface area (Å²) in [6.07, 6.45) is 2.00. The van der Waals surface area contributed by atoms with Crippen molar-refractivity contribution in [3.8, 4) is 0 Å². The molecule has 0 N–H and O–H groups in total. The third kappa shape index (κ3) is 7.01. The molecule has 5 heteroatoms. The van der Waals surface area contributed by atoms with E-state index in [1.165, 1.54) is 0 Å². The van der Waals surface area contributed by atoms with Gasteiger partial charge in [0.05, 0.1) is 18.9 Å². The van der Waals surface area contributed by atoms with Crippen LogP contribution >= 0.6 is 0 Å². The summed E-state index contributed by atoms with van der Waals surface area (Å²) in [7, 11) is 0. The van der Waals surface area contributed by atoms with E-state index < -0.39 is 17.4 Å². The maximum atomic E-state index is 13.1. The van der Waals surface area contributed by atoms with E-state index in [0.29, 0.717) is 26.1 Å². The minimum Gasteiger partial charge on any atom is -0.458 e. The molecule has 0 saturated carbocycles. The van der Waals surface area contributed by atoms with Gasteiger partial charge in [0.1, 0.15) is 11.6 Å². The van der Waals surface area contributed by atoms with Crippen molar-refractivity contribution in [2.45, 2.75) is 64.4 Å². The highest BCUT2D eigenvalue weighted by Crippen LogP contribution is 2.26. The Labute approximate surface area is 185 Å². The summed E-state index contributed by atoms with van der Waals surface area (Å²) in [6, 6.07) is 19.3. The molecule has 1 saturated heterocycles. The van der Waals surface area contributed by atoms with Gasteiger partial charge in [0.25, 0.3) is 0 Å². The van der Waals surface area contributed by atoms with Crippen LogP contribution in [0.4, 0.5) is 0 Å². The first kappa shape index (κ1) is 23.2. The zero-order valence-corrected chi connectivity index (χ0v) is 19.0. The second kappa shape index (κ2) is 10.2. The largest absolute Gasteiger partial charge is 0.458 e. The number of nitrogens with zero attached hydrogens (tertiary/aromatic N) is 1. The molecule has 0 unspecified atom stereocenters. The lowest BCUT2D eigenvalue weighted by Crippen LogP contribution is -2.32. The summed E-state index contributed by atoms with van der Waals surface area (Å²) in [5.74, 6) is -0.889. The number of hydrogen-bond acceptors (Lipinski definition) is 5. The molecule has 1 atom stereocenters. The number of hydrogen-bond donors (Lipinski definition) is 0. The molecule has 0 amide bonds. The lowest BCUT2D eigenvalue weighted by Gasteiger charge is -2.25. The third-order valence-corrected chi connectivity index (χ3v) is 5.06. The first-order valence-corrected chi connectivity index (χ1v) is 11.0. The van der Waals surface area contributed by atoms with E-state index in [1.807, 2.05) is 88.4 Å². The number of carbonyl (C=O) groups is 1. The lowest BCUT2D eigenvalue weighted by atomic mass is 10.0. The smallest absolute Gasteiger partial charge is 0.331 e. The Bertz CT molecular complexity index is 824. The minimum absolute atomic E-state index is 0.310. The van der Waals surface area contributed by atoms with Crippen LogP contribution in [0.2, 0.25) is 0 Å². The number of carbonyl (C=O) groups excluding carboxylic acids is 1. The number of benzene rings is 2. The van der Waals surface area contributed by atoms with Crippen LogP contribution in [0.1, 0.15) is 58.1 Å². The van der Waals surface area contributed by atoms with Crippen LogP contribution in [0.15, 0.2) is 65.7 Å². The first-order valence-electron chi connectivity index (χ1n) is 11.0. The number of esters is 1. The fraction of sp³-hybridized carbons (Fsp3) is 0.462. The number of rotatable bonds is 8. The average molecular weight is 424 g/mol. The van der Waals surface area contributed by atoms with Gasteiger partial charge in [-0.2, -0.15) is 0 Å². The molecule has 2 aromatic carbocycles. The van der Waals surface area contributed by atoms with E-state index in [9.17, 15) is 4.79 Å². The summed E-state index contributed by atoms with van der Waals surface area (Å²) in [4.78, 5) is 18.0. The van der Waals surface area contributed by atoms with Gasteiger partial charge in [0, 0.05) is 17.5 Å². The molecule has 166 valence electrons. The molecule has 1 heterocycles. The quantitative estimate of drug-likeness (QED) is 0.434. The lowest BCUT2D eigenvalue weighted by molar-refractivity contribution is -0.158. The van der Waals surface area contributed by atoms with Crippen molar-refractivity contribution in [1.82, 2.24) is 0 Å². The highest BCUT2D eigenvalue weighted by atomic mass is 16.7. The summed E-state index contributed by atoms with van der Waals surface area (Å²) in [5, 5.41) is 0. The van der Waals surface area contributed by atoms with Crippen LogP contribution in [0.5, 0.6) is 0 Å². The van der Waals surface area contributed by atoms with Gasteiger partial charge in [-0.05, 0) is 40.5 Å². The van der Waals surface area contributed by atoms with Gasteiger partial charge in [-0.1, -0.05) is 60.7 Å². The zero-order chi connectivity index (χ0) is 22.3. The summed E-state index contributed by atoms with van der Waals surface area (Å²) < 4.78 is 17.1. The molecule has 2 aromatic rings. The molecule has 0 radical (unpaired) electrons. The van der Waals surface area contributed by atoms with Crippen molar-refractivity contribution in [2.24, 2.45) is 4.99 Å². The Balaban J connectivity index is 1.88. The predicted molar refractivity (Wildman–Crippen MR) is 122 cm³/mol. The molecule has 0 spiro atoms. The van der Waals surface area contributed by atoms with E-state index in [1.54, 1.807) is 0 Å². The maximum absolute atomic E-state index is 13.1. The van der Waals surface area contributed by atoms with E-state index in [0.717, 1.165) is 23.3 Å². The normalized spacial score (nSPS) is 16.5. The van der Waals surface area contributed by atoms with Crippen LogP contribution < -0.4 is 0 Å². The summed E-state index contributed by atoms with van der Waals surface area (Å²) in [5.41, 5.74) is 2.15. The summed E-state index contributed by atoms with van der Waals surface area (Å²) in [6.45, 7) is 8.80. The van der Waals surface area contributed by atoms with Crippen LogP contribution in [-0.2, 0) is 19.0 Å². The Kier molecular flexibility index (Phi) is 7.63. The molecular formula is C26H33NO4. The molecule has 3 rings (SSSR count). The Hall–Kier alpha value is -2.50. The summed E-state index contributed by atoms with van der Waals surface area (Å²) >= 11 is 0. The molecule has 0 aromatic heterocycles. The van der Waals surface area contributed by atoms with Crippen LogP contribution in [0, 0.1) is 0 Å². The Morgan fingerprint density at radius 2 is 1.52 bits per heavy atom. The van der Waals surface area contributed by atoms with E-state index in [4.69, 9.17) is 19.2 Å². The van der Waals surface area contributed by atoms with E-state index in [-0.39, 0.29) is 5.97 Å². The highest BCUT2D eigenvalue weighted by molar-refractivity contribution is 6.13. The van der Waals surface area contributed by atoms with Gasteiger partial charge in [-0.3, -0.25) is 4.99 Å². The molecule has 1 aliphatic rings. The van der Waals surface area contributed by atoms with Crippen molar-refractivity contribution in [1.29, 1.82) is 0 Å². The second-order valence-corrected chi connectivity index (χ2v) is 8.98. The van der Waals surface area contributed by atoms with Gasteiger partial charge < -0.3 is 14.2 Å². The van der Waals surface area contributed by atoms with Gasteiger partial charge in [-0.25, -0.2) is 4.79 Å². The van der Waals surface area contributed by atoms with E-state index >= 15 is 0 Å². The SMILES string of the molecule is CC(C)(C)OC(=O)[C@@H](CCCC1(C)OCCO1)N=C(c1ccccc1)c1ccccc1. The molecule has 1 fully saturated rings. The fourth-order valence-electron chi connectivity index (χ4n) is 3.59.